The van der Waals surface area contributed by atoms with E-state index in [2.05, 4.69) is 32.9 Å². The van der Waals surface area contributed by atoms with Crippen LogP contribution in [0.1, 0.15) is 32.3 Å². The Hall–Kier alpha value is -1.02. The molecule has 84 valence electrons. The SMILES string of the molecule is COc1cccc(C(C)C(N)C(C)C)c1. The predicted octanol–water partition coefficient (Wildman–Crippen LogP) is 2.78. The highest BCUT2D eigenvalue weighted by Crippen LogP contribution is 2.25. The smallest absolute Gasteiger partial charge is 0.119 e. The molecule has 1 aromatic carbocycles. The van der Waals surface area contributed by atoms with Gasteiger partial charge in [-0.2, -0.15) is 0 Å². The third-order valence-corrected chi connectivity index (χ3v) is 2.97. The van der Waals surface area contributed by atoms with Crippen LogP contribution < -0.4 is 10.5 Å². The molecular weight excluding hydrogens is 186 g/mol. The number of nitrogens with two attached hydrogens (primary N) is 1. The third kappa shape index (κ3) is 2.96. The summed E-state index contributed by atoms with van der Waals surface area (Å²) in [6.45, 7) is 6.47. The standard InChI is InChI=1S/C13H21NO/c1-9(2)13(14)10(3)11-6-5-7-12(8-11)15-4/h5-10,13H,14H2,1-4H3. The molecule has 2 heteroatoms. The van der Waals surface area contributed by atoms with Crippen molar-refractivity contribution in [2.24, 2.45) is 11.7 Å². The summed E-state index contributed by atoms with van der Waals surface area (Å²) in [5, 5.41) is 0. The lowest BCUT2D eigenvalue weighted by molar-refractivity contribution is 0.409. The molecule has 1 aromatic rings. The summed E-state index contributed by atoms with van der Waals surface area (Å²) in [6, 6.07) is 8.33. The van der Waals surface area contributed by atoms with Crippen molar-refractivity contribution in [2.75, 3.05) is 7.11 Å². The molecule has 0 saturated carbocycles. The van der Waals surface area contributed by atoms with E-state index in [1.807, 2.05) is 12.1 Å². The van der Waals surface area contributed by atoms with Gasteiger partial charge in [-0.15, -0.1) is 0 Å². The van der Waals surface area contributed by atoms with Gasteiger partial charge in [-0.3, -0.25) is 0 Å². The van der Waals surface area contributed by atoms with Gasteiger partial charge in [0.25, 0.3) is 0 Å². The van der Waals surface area contributed by atoms with E-state index in [0.29, 0.717) is 11.8 Å². The normalized spacial score (nSPS) is 15.1. The Morgan fingerprint density at radius 1 is 1.20 bits per heavy atom. The molecule has 0 fully saturated rings. The van der Waals surface area contributed by atoms with Crippen molar-refractivity contribution >= 4 is 0 Å². The highest BCUT2D eigenvalue weighted by atomic mass is 16.5. The van der Waals surface area contributed by atoms with E-state index in [-0.39, 0.29) is 6.04 Å². The van der Waals surface area contributed by atoms with E-state index in [1.165, 1.54) is 5.56 Å². The van der Waals surface area contributed by atoms with Crippen LogP contribution in [0.15, 0.2) is 24.3 Å². The maximum atomic E-state index is 6.14. The summed E-state index contributed by atoms with van der Waals surface area (Å²) < 4.78 is 5.20. The van der Waals surface area contributed by atoms with Crippen LogP contribution in [0.5, 0.6) is 5.75 Å². The zero-order valence-electron chi connectivity index (χ0n) is 10.0. The number of hydrogen-bond acceptors (Lipinski definition) is 2. The highest BCUT2D eigenvalue weighted by Gasteiger charge is 2.18. The molecule has 0 spiro atoms. The van der Waals surface area contributed by atoms with E-state index in [0.717, 1.165) is 5.75 Å². The average molecular weight is 207 g/mol. The number of benzene rings is 1. The molecule has 0 radical (unpaired) electrons. The zero-order chi connectivity index (χ0) is 11.4. The fourth-order valence-electron chi connectivity index (χ4n) is 1.72. The summed E-state index contributed by atoms with van der Waals surface area (Å²) in [4.78, 5) is 0. The van der Waals surface area contributed by atoms with Gasteiger partial charge >= 0.3 is 0 Å². The Morgan fingerprint density at radius 3 is 2.40 bits per heavy atom. The second-order valence-corrected chi connectivity index (χ2v) is 4.39. The molecule has 0 bridgehead atoms. The van der Waals surface area contributed by atoms with Gasteiger partial charge < -0.3 is 10.5 Å². The van der Waals surface area contributed by atoms with Gasteiger partial charge in [0, 0.05) is 6.04 Å². The van der Waals surface area contributed by atoms with Crippen molar-refractivity contribution in [1.29, 1.82) is 0 Å². The molecule has 2 nitrogen and oxygen atoms in total. The van der Waals surface area contributed by atoms with Crippen molar-refractivity contribution < 1.29 is 4.74 Å². The first-order valence-electron chi connectivity index (χ1n) is 5.45. The average Bonchev–Trinajstić information content (AvgIpc) is 2.27. The maximum Gasteiger partial charge on any atom is 0.119 e. The van der Waals surface area contributed by atoms with Crippen molar-refractivity contribution in [1.82, 2.24) is 0 Å². The lowest BCUT2D eigenvalue weighted by Gasteiger charge is -2.24. The first-order valence-corrected chi connectivity index (χ1v) is 5.45. The third-order valence-electron chi connectivity index (χ3n) is 2.97. The second kappa shape index (κ2) is 5.17. The number of rotatable bonds is 4. The largest absolute Gasteiger partial charge is 0.497 e. The van der Waals surface area contributed by atoms with E-state index >= 15 is 0 Å². The van der Waals surface area contributed by atoms with Crippen LogP contribution in [-0.2, 0) is 0 Å². The molecule has 2 unspecified atom stereocenters. The Labute approximate surface area is 92.4 Å². The monoisotopic (exact) mass is 207 g/mol. The molecule has 2 atom stereocenters. The zero-order valence-corrected chi connectivity index (χ0v) is 10.0. The van der Waals surface area contributed by atoms with Crippen molar-refractivity contribution in [2.45, 2.75) is 32.7 Å². The molecule has 0 amide bonds. The Morgan fingerprint density at radius 2 is 1.87 bits per heavy atom. The van der Waals surface area contributed by atoms with Crippen LogP contribution in [-0.4, -0.2) is 13.2 Å². The quantitative estimate of drug-likeness (QED) is 0.824. The minimum atomic E-state index is 0.192. The number of ether oxygens (including phenoxy) is 1. The molecule has 0 aromatic heterocycles. The molecule has 0 aliphatic heterocycles. The molecule has 15 heavy (non-hydrogen) atoms. The van der Waals surface area contributed by atoms with Crippen molar-refractivity contribution in [3.05, 3.63) is 29.8 Å². The fourth-order valence-corrected chi connectivity index (χ4v) is 1.72. The first-order chi connectivity index (χ1) is 7.06. The van der Waals surface area contributed by atoms with Gasteiger partial charge in [-0.05, 0) is 29.5 Å². The molecule has 0 heterocycles. The van der Waals surface area contributed by atoms with E-state index in [9.17, 15) is 0 Å². The van der Waals surface area contributed by atoms with Crippen molar-refractivity contribution in [3.8, 4) is 5.75 Å². The first kappa shape index (κ1) is 12.1. The van der Waals surface area contributed by atoms with Crippen LogP contribution >= 0.6 is 0 Å². The van der Waals surface area contributed by atoms with Gasteiger partial charge in [-0.1, -0.05) is 32.9 Å². The summed E-state index contributed by atoms with van der Waals surface area (Å²) in [5.74, 6) is 1.75. The van der Waals surface area contributed by atoms with Crippen LogP contribution in [0.3, 0.4) is 0 Å². The van der Waals surface area contributed by atoms with Gasteiger partial charge in [-0.25, -0.2) is 0 Å². The van der Waals surface area contributed by atoms with Crippen LogP contribution in [0.25, 0.3) is 0 Å². The summed E-state index contributed by atoms with van der Waals surface area (Å²) >= 11 is 0. The summed E-state index contributed by atoms with van der Waals surface area (Å²) in [6.07, 6.45) is 0. The molecular formula is C13H21NO. The summed E-state index contributed by atoms with van der Waals surface area (Å²) in [5.41, 5.74) is 7.39. The summed E-state index contributed by atoms with van der Waals surface area (Å²) in [7, 11) is 1.69. The van der Waals surface area contributed by atoms with Gasteiger partial charge in [0.1, 0.15) is 5.75 Å². The molecule has 0 aliphatic carbocycles. The fraction of sp³-hybridized carbons (Fsp3) is 0.538. The predicted molar refractivity (Wildman–Crippen MR) is 64.2 cm³/mol. The van der Waals surface area contributed by atoms with Crippen LogP contribution in [0.2, 0.25) is 0 Å². The van der Waals surface area contributed by atoms with Crippen LogP contribution in [0, 0.1) is 5.92 Å². The molecule has 0 saturated heterocycles. The molecule has 0 aliphatic rings. The molecule has 1 rings (SSSR count). The second-order valence-electron chi connectivity index (χ2n) is 4.39. The Balaban J connectivity index is 2.85. The van der Waals surface area contributed by atoms with E-state index < -0.39 is 0 Å². The Kier molecular flexibility index (Phi) is 4.15. The van der Waals surface area contributed by atoms with Gasteiger partial charge in [0.2, 0.25) is 0 Å². The topological polar surface area (TPSA) is 35.2 Å². The van der Waals surface area contributed by atoms with E-state index in [1.54, 1.807) is 7.11 Å². The highest BCUT2D eigenvalue weighted by molar-refractivity contribution is 5.31. The minimum Gasteiger partial charge on any atom is -0.497 e. The lowest BCUT2D eigenvalue weighted by Crippen LogP contribution is -2.32. The minimum absolute atomic E-state index is 0.192. The van der Waals surface area contributed by atoms with E-state index in [4.69, 9.17) is 10.5 Å². The van der Waals surface area contributed by atoms with Gasteiger partial charge in [0.05, 0.1) is 7.11 Å². The number of hydrogen-bond donors (Lipinski definition) is 1. The lowest BCUT2D eigenvalue weighted by atomic mass is 9.87. The van der Waals surface area contributed by atoms with Gasteiger partial charge in [0.15, 0.2) is 0 Å². The van der Waals surface area contributed by atoms with Crippen molar-refractivity contribution in [3.63, 3.8) is 0 Å². The number of methoxy groups -OCH3 is 1. The maximum absolute atomic E-state index is 6.14. The molecule has 2 N–H and O–H groups in total. The van der Waals surface area contributed by atoms with Crippen LogP contribution in [0.4, 0.5) is 0 Å². The Bertz CT molecular complexity index is 309.